The van der Waals surface area contributed by atoms with Crippen LogP contribution in [0.2, 0.25) is 0 Å². The Morgan fingerprint density at radius 2 is 1.91 bits per heavy atom. The molecule has 6 nitrogen and oxygen atoms in total. The van der Waals surface area contributed by atoms with Gasteiger partial charge in [-0.1, -0.05) is 0 Å². The minimum Gasteiger partial charge on any atom is -0.444 e. The highest BCUT2D eigenvalue weighted by atomic mass is 79.9. The molecule has 0 saturated carbocycles. The highest BCUT2D eigenvalue weighted by Crippen LogP contribution is 2.24. The van der Waals surface area contributed by atoms with Crippen molar-refractivity contribution < 1.29 is 8.83 Å². The zero-order chi connectivity index (χ0) is 16.0. The lowest BCUT2D eigenvalue weighted by atomic mass is 10.1. The van der Waals surface area contributed by atoms with E-state index < -0.39 is 0 Å². The maximum Gasteiger partial charge on any atom is 0.283 e. The fourth-order valence-corrected chi connectivity index (χ4v) is 2.74. The first kappa shape index (κ1) is 14.2. The number of benzene rings is 1. The van der Waals surface area contributed by atoms with E-state index in [2.05, 4.69) is 57.1 Å². The van der Waals surface area contributed by atoms with E-state index in [-0.39, 0.29) is 0 Å². The third-order valence-corrected chi connectivity index (χ3v) is 4.22. The molecule has 4 rings (SSSR count). The maximum atomic E-state index is 5.67. The third kappa shape index (κ3) is 2.57. The summed E-state index contributed by atoms with van der Waals surface area (Å²) in [4.78, 5) is 4.43. The summed E-state index contributed by atoms with van der Waals surface area (Å²) in [7, 11) is 0. The quantitative estimate of drug-likeness (QED) is 0.541. The Morgan fingerprint density at radius 1 is 1.09 bits per heavy atom. The van der Waals surface area contributed by atoms with Gasteiger partial charge >= 0.3 is 0 Å². The average molecular weight is 373 g/mol. The van der Waals surface area contributed by atoms with Crippen LogP contribution in [0.1, 0.15) is 17.0 Å². The van der Waals surface area contributed by atoms with Gasteiger partial charge < -0.3 is 13.4 Å². The first-order valence-electron chi connectivity index (χ1n) is 7.10. The second kappa shape index (κ2) is 5.34. The number of halogens is 1. The van der Waals surface area contributed by atoms with Crippen molar-refractivity contribution in [2.45, 2.75) is 20.4 Å². The molecule has 0 amide bonds. The van der Waals surface area contributed by atoms with Crippen molar-refractivity contribution in [1.82, 2.24) is 19.7 Å². The van der Waals surface area contributed by atoms with Crippen molar-refractivity contribution >= 4 is 27.0 Å². The Kier molecular flexibility index (Phi) is 3.30. The van der Waals surface area contributed by atoms with Crippen molar-refractivity contribution in [3.8, 4) is 11.7 Å². The molecule has 3 aromatic heterocycles. The molecule has 0 saturated heterocycles. The molecule has 116 valence electrons. The molecule has 0 aliphatic heterocycles. The van der Waals surface area contributed by atoms with E-state index in [0.717, 1.165) is 11.0 Å². The molecule has 0 atom stereocenters. The molecular weight excluding hydrogens is 360 g/mol. The molecule has 0 unspecified atom stereocenters. The molecule has 1 aromatic carbocycles. The van der Waals surface area contributed by atoms with Crippen LogP contribution in [-0.2, 0) is 6.54 Å². The first-order chi connectivity index (χ1) is 11.1. The van der Waals surface area contributed by atoms with Crippen LogP contribution >= 0.6 is 15.9 Å². The van der Waals surface area contributed by atoms with Gasteiger partial charge in [-0.2, -0.15) is 0 Å². The van der Waals surface area contributed by atoms with Gasteiger partial charge in [0.15, 0.2) is 10.4 Å². The van der Waals surface area contributed by atoms with E-state index in [0.29, 0.717) is 28.8 Å². The topological polar surface area (TPSA) is 69.9 Å². The summed E-state index contributed by atoms with van der Waals surface area (Å²) in [6, 6.07) is 7.77. The molecule has 0 spiro atoms. The number of hydrogen-bond donors (Lipinski definition) is 0. The molecule has 0 aliphatic rings. The summed E-state index contributed by atoms with van der Waals surface area (Å²) in [6.07, 6.45) is 1.79. The summed E-state index contributed by atoms with van der Waals surface area (Å²) >= 11 is 3.26. The Balaban J connectivity index is 1.66. The van der Waals surface area contributed by atoms with Gasteiger partial charge in [-0.05, 0) is 65.2 Å². The molecule has 3 heterocycles. The second-order valence-corrected chi connectivity index (χ2v) is 6.18. The van der Waals surface area contributed by atoms with Crippen molar-refractivity contribution in [2.75, 3.05) is 0 Å². The average Bonchev–Trinajstić information content (AvgIpc) is 3.22. The van der Waals surface area contributed by atoms with Crippen LogP contribution in [0, 0.1) is 13.8 Å². The van der Waals surface area contributed by atoms with Gasteiger partial charge in [0, 0.05) is 0 Å². The maximum absolute atomic E-state index is 5.67. The molecule has 4 aromatic rings. The first-order valence-corrected chi connectivity index (χ1v) is 7.89. The van der Waals surface area contributed by atoms with Crippen LogP contribution in [0.15, 0.2) is 44.1 Å². The number of fused-ring (bicyclic) bond motifs is 1. The van der Waals surface area contributed by atoms with Crippen molar-refractivity contribution in [3.63, 3.8) is 0 Å². The largest absolute Gasteiger partial charge is 0.444 e. The summed E-state index contributed by atoms with van der Waals surface area (Å²) in [5.41, 5.74) is 4.47. The van der Waals surface area contributed by atoms with E-state index in [1.807, 2.05) is 4.57 Å². The molecular formula is C16H13BrN4O2. The van der Waals surface area contributed by atoms with Gasteiger partial charge in [0.2, 0.25) is 5.89 Å². The SMILES string of the molecule is Cc1cc2ncn(Cc3nnc(-c4ccc(Br)o4)o3)c2cc1C. The number of rotatable bonds is 3. The van der Waals surface area contributed by atoms with Crippen LogP contribution in [0.5, 0.6) is 0 Å². The Hall–Kier alpha value is -2.41. The normalized spacial score (nSPS) is 11.4. The van der Waals surface area contributed by atoms with Crippen LogP contribution in [0.3, 0.4) is 0 Å². The zero-order valence-electron chi connectivity index (χ0n) is 12.6. The molecule has 0 aliphatic carbocycles. The minimum atomic E-state index is 0.363. The molecule has 0 bridgehead atoms. The second-order valence-electron chi connectivity index (χ2n) is 5.40. The van der Waals surface area contributed by atoms with E-state index >= 15 is 0 Å². The van der Waals surface area contributed by atoms with Gasteiger partial charge in [0.1, 0.15) is 6.54 Å². The minimum absolute atomic E-state index is 0.363. The number of nitrogens with zero attached hydrogens (tertiary/aromatic N) is 4. The predicted molar refractivity (Wildman–Crippen MR) is 88.0 cm³/mol. The third-order valence-electron chi connectivity index (χ3n) is 3.79. The van der Waals surface area contributed by atoms with Crippen LogP contribution in [0.4, 0.5) is 0 Å². The van der Waals surface area contributed by atoms with Gasteiger partial charge in [-0.15, -0.1) is 10.2 Å². The molecule has 0 N–H and O–H groups in total. The van der Waals surface area contributed by atoms with Gasteiger partial charge in [0.05, 0.1) is 17.4 Å². The van der Waals surface area contributed by atoms with E-state index in [4.69, 9.17) is 8.83 Å². The van der Waals surface area contributed by atoms with Crippen LogP contribution in [-0.4, -0.2) is 19.7 Å². The highest BCUT2D eigenvalue weighted by Gasteiger charge is 2.14. The Bertz CT molecular complexity index is 999. The Labute approximate surface area is 140 Å². The number of hydrogen-bond acceptors (Lipinski definition) is 5. The number of imidazole rings is 1. The summed E-state index contributed by atoms with van der Waals surface area (Å²) in [6.45, 7) is 4.64. The van der Waals surface area contributed by atoms with Gasteiger partial charge in [-0.25, -0.2) is 4.98 Å². The predicted octanol–water partition coefficient (Wildman–Crippen LogP) is 4.11. The van der Waals surface area contributed by atoms with Gasteiger partial charge in [-0.3, -0.25) is 0 Å². The van der Waals surface area contributed by atoms with Crippen LogP contribution < -0.4 is 0 Å². The standard InChI is InChI=1S/C16H13BrN4O2/c1-9-5-11-12(6-10(9)2)21(8-18-11)7-15-19-20-16(23-15)13-3-4-14(17)22-13/h3-6,8H,7H2,1-2H3. The summed E-state index contributed by atoms with van der Waals surface area (Å²) in [5, 5.41) is 8.11. The smallest absolute Gasteiger partial charge is 0.283 e. The molecule has 23 heavy (non-hydrogen) atoms. The lowest BCUT2D eigenvalue weighted by molar-refractivity contribution is 0.465. The molecule has 7 heteroatoms. The van der Waals surface area contributed by atoms with Crippen molar-refractivity contribution in [2.24, 2.45) is 0 Å². The highest BCUT2D eigenvalue weighted by molar-refractivity contribution is 9.10. The monoisotopic (exact) mass is 372 g/mol. The number of furan rings is 1. The van der Waals surface area contributed by atoms with Crippen molar-refractivity contribution in [1.29, 1.82) is 0 Å². The lowest BCUT2D eigenvalue weighted by Crippen LogP contribution is -1.98. The van der Waals surface area contributed by atoms with Gasteiger partial charge in [0.25, 0.3) is 5.89 Å². The number of aromatic nitrogens is 4. The fraction of sp³-hybridized carbons (Fsp3) is 0.188. The summed E-state index contributed by atoms with van der Waals surface area (Å²) in [5.74, 6) is 1.41. The fourth-order valence-electron chi connectivity index (χ4n) is 2.43. The van der Waals surface area contributed by atoms with Crippen molar-refractivity contribution in [3.05, 3.63) is 52.3 Å². The lowest BCUT2D eigenvalue weighted by Gasteiger charge is -2.03. The molecule has 0 fully saturated rings. The van der Waals surface area contributed by atoms with E-state index in [1.54, 1.807) is 18.5 Å². The van der Waals surface area contributed by atoms with Crippen LogP contribution in [0.25, 0.3) is 22.7 Å². The van der Waals surface area contributed by atoms with E-state index in [1.165, 1.54) is 11.1 Å². The Morgan fingerprint density at radius 3 is 2.70 bits per heavy atom. The summed E-state index contributed by atoms with van der Waals surface area (Å²) < 4.78 is 13.7. The number of aryl methyl sites for hydroxylation is 2. The van der Waals surface area contributed by atoms with E-state index in [9.17, 15) is 0 Å². The molecule has 0 radical (unpaired) electrons. The zero-order valence-corrected chi connectivity index (χ0v) is 14.2.